The molecule has 154 valence electrons. The molecule has 0 aromatic carbocycles. The molecule has 0 unspecified atom stereocenters. The summed E-state index contributed by atoms with van der Waals surface area (Å²) < 4.78 is 16.8. The van der Waals surface area contributed by atoms with Gasteiger partial charge in [-0.3, -0.25) is 9.97 Å². The monoisotopic (exact) mass is 508 g/mol. The number of hydrogen-bond acceptors (Lipinski definition) is 10. The lowest BCUT2D eigenvalue weighted by atomic mass is 10.3. The fraction of sp³-hybridized carbons (Fsp3) is 0.200. The van der Waals surface area contributed by atoms with Crippen LogP contribution in [-0.4, -0.2) is 23.2 Å². The Kier molecular flexibility index (Phi) is 7.19. The molecule has 0 N–H and O–H groups in total. The standard InChI is InChI=1S/C20H16N2O2S6/c1-5-21-6-2-13(1)11-25-17-18(26-12-14-3-7-22-8-4-14)30-20(29-17)19-27-15-16(28-19)24-10-9-23-15/h1-8H,9-12H2. The van der Waals surface area contributed by atoms with Crippen LogP contribution in [0.5, 0.6) is 0 Å². The molecular weight excluding hydrogens is 493 g/mol. The van der Waals surface area contributed by atoms with Crippen LogP contribution in [0.25, 0.3) is 0 Å². The van der Waals surface area contributed by atoms with Crippen molar-refractivity contribution in [3.8, 4) is 0 Å². The van der Waals surface area contributed by atoms with Crippen molar-refractivity contribution in [1.82, 2.24) is 9.97 Å². The Morgan fingerprint density at radius 1 is 0.667 bits per heavy atom. The quantitative estimate of drug-likeness (QED) is 0.406. The summed E-state index contributed by atoms with van der Waals surface area (Å²) in [4.78, 5) is 8.24. The number of ether oxygens (including phenoxy) is 2. The zero-order chi connectivity index (χ0) is 20.2. The molecule has 5 heterocycles. The highest BCUT2D eigenvalue weighted by molar-refractivity contribution is 8.42. The highest BCUT2D eigenvalue weighted by Gasteiger charge is 2.33. The number of hydrogen-bond donors (Lipinski definition) is 0. The molecule has 10 heteroatoms. The molecule has 3 aliphatic heterocycles. The van der Waals surface area contributed by atoms with E-state index in [0.717, 1.165) is 21.7 Å². The second kappa shape index (κ2) is 10.2. The van der Waals surface area contributed by atoms with Gasteiger partial charge < -0.3 is 9.47 Å². The molecule has 0 atom stereocenters. The zero-order valence-electron chi connectivity index (χ0n) is 15.6. The van der Waals surface area contributed by atoms with Gasteiger partial charge in [0.2, 0.25) is 10.2 Å². The number of aromatic nitrogens is 2. The first-order valence-corrected chi connectivity index (χ1v) is 14.3. The molecule has 2 aromatic heterocycles. The predicted octanol–water partition coefficient (Wildman–Crippen LogP) is 7.03. The fourth-order valence-corrected chi connectivity index (χ4v) is 10.9. The molecule has 4 nitrogen and oxygen atoms in total. The number of pyridine rings is 2. The van der Waals surface area contributed by atoms with E-state index >= 15 is 0 Å². The van der Waals surface area contributed by atoms with Gasteiger partial charge in [-0.25, -0.2) is 0 Å². The van der Waals surface area contributed by atoms with Crippen molar-refractivity contribution in [3.63, 3.8) is 0 Å². The minimum Gasteiger partial charge on any atom is -0.480 e. The Hall–Kier alpha value is -0.780. The molecular formula is C20H16N2O2S6. The van der Waals surface area contributed by atoms with E-state index < -0.39 is 0 Å². The van der Waals surface area contributed by atoms with Gasteiger partial charge in [0.1, 0.15) is 13.2 Å². The largest absolute Gasteiger partial charge is 0.480 e. The minimum atomic E-state index is 0.633. The van der Waals surface area contributed by atoms with E-state index in [1.165, 1.54) is 28.1 Å². The van der Waals surface area contributed by atoms with Gasteiger partial charge in [-0.1, -0.05) is 23.5 Å². The Labute approximate surface area is 200 Å². The Balaban J connectivity index is 1.31. The van der Waals surface area contributed by atoms with E-state index in [9.17, 15) is 0 Å². The van der Waals surface area contributed by atoms with Crippen LogP contribution in [-0.2, 0) is 21.0 Å². The van der Waals surface area contributed by atoms with Gasteiger partial charge >= 0.3 is 0 Å². The van der Waals surface area contributed by atoms with Gasteiger partial charge in [-0.2, -0.15) is 0 Å². The van der Waals surface area contributed by atoms with Crippen LogP contribution >= 0.6 is 70.6 Å². The van der Waals surface area contributed by atoms with E-state index in [1.54, 1.807) is 23.5 Å². The van der Waals surface area contributed by atoms with Crippen LogP contribution in [0.3, 0.4) is 0 Å². The average molecular weight is 509 g/mol. The van der Waals surface area contributed by atoms with Crippen LogP contribution in [0, 0.1) is 0 Å². The predicted molar refractivity (Wildman–Crippen MR) is 134 cm³/mol. The maximum atomic E-state index is 5.76. The van der Waals surface area contributed by atoms with E-state index in [-0.39, 0.29) is 0 Å². The fourth-order valence-electron chi connectivity index (χ4n) is 2.59. The maximum absolute atomic E-state index is 5.76. The summed E-state index contributed by atoms with van der Waals surface area (Å²) in [7, 11) is 0. The van der Waals surface area contributed by atoms with E-state index in [1.807, 2.05) is 71.8 Å². The molecule has 0 saturated heterocycles. The molecule has 0 fully saturated rings. The third-order valence-corrected chi connectivity index (χ3v) is 12.6. The topological polar surface area (TPSA) is 44.2 Å². The highest BCUT2D eigenvalue weighted by atomic mass is 32.3. The van der Waals surface area contributed by atoms with Gasteiger partial charge in [0, 0.05) is 36.3 Å². The van der Waals surface area contributed by atoms with Gasteiger partial charge in [0.25, 0.3) is 0 Å². The van der Waals surface area contributed by atoms with Gasteiger partial charge in [0.05, 0.1) is 16.9 Å². The number of thioether (sulfide) groups is 6. The Morgan fingerprint density at radius 2 is 1.10 bits per heavy atom. The van der Waals surface area contributed by atoms with Gasteiger partial charge in [0.15, 0.2) is 0 Å². The van der Waals surface area contributed by atoms with Gasteiger partial charge in [-0.15, -0.1) is 23.5 Å². The lowest BCUT2D eigenvalue weighted by Crippen LogP contribution is -2.08. The second-order valence-corrected chi connectivity index (χ2v) is 13.1. The summed E-state index contributed by atoms with van der Waals surface area (Å²) in [5.41, 5.74) is 2.58. The molecule has 0 saturated carbocycles. The molecule has 2 aromatic rings. The third-order valence-electron chi connectivity index (χ3n) is 4.03. The van der Waals surface area contributed by atoms with Crippen LogP contribution in [0.4, 0.5) is 0 Å². The van der Waals surface area contributed by atoms with Crippen molar-refractivity contribution >= 4 is 70.6 Å². The summed E-state index contributed by atoms with van der Waals surface area (Å²) in [5, 5.41) is 1.83. The second-order valence-electron chi connectivity index (χ2n) is 6.12. The molecule has 0 amide bonds. The van der Waals surface area contributed by atoms with E-state index in [0.29, 0.717) is 13.2 Å². The van der Waals surface area contributed by atoms with Crippen molar-refractivity contribution < 1.29 is 9.47 Å². The first-order chi connectivity index (χ1) is 14.8. The SMILES string of the molecule is c1cc(CSC2=C(SCc3ccncc3)SC(=C3SC4=C(OCCO4)S3)S2)ccn1. The normalized spacial score (nSPS) is 18.5. The average Bonchev–Trinajstić information content (AvgIpc) is 3.42. The van der Waals surface area contributed by atoms with Crippen molar-refractivity contribution in [1.29, 1.82) is 0 Å². The molecule has 5 rings (SSSR count). The summed E-state index contributed by atoms with van der Waals surface area (Å²) in [6.07, 6.45) is 7.43. The number of nitrogens with zero attached hydrogens (tertiary/aromatic N) is 2. The van der Waals surface area contributed by atoms with Crippen molar-refractivity contribution in [2.45, 2.75) is 11.5 Å². The third kappa shape index (κ3) is 5.16. The molecule has 3 aliphatic rings. The van der Waals surface area contributed by atoms with Crippen molar-refractivity contribution in [2.75, 3.05) is 13.2 Å². The molecule has 0 bridgehead atoms. The molecule has 0 radical (unpaired) electrons. The summed E-state index contributed by atoms with van der Waals surface area (Å²) in [5.74, 6) is 1.88. The van der Waals surface area contributed by atoms with E-state index in [2.05, 4.69) is 34.2 Å². The Bertz CT molecular complexity index is 933. The van der Waals surface area contributed by atoms with E-state index in [4.69, 9.17) is 9.47 Å². The van der Waals surface area contributed by atoms with Crippen LogP contribution < -0.4 is 0 Å². The molecule has 0 aliphatic carbocycles. The lowest BCUT2D eigenvalue weighted by molar-refractivity contribution is 0.0949. The van der Waals surface area contributed by atoms with Crippen molar-refractivity contribution in [2.24, 2.45) is 0 Å². The smallest absolute Gasteiger partial charge is 0.208 e. The van der Waals surface area contributed by atoms with Crippen LogP contribution in [0.15, 0.2) is 76.2 Å². The zero-order valence-corrected chi connectivity index (χ0v) is 20.5. The molecule has 30 heavy (non-hydrogen) atoms. The number of rotatable bonds is 6. The van der Waals surface area contributed by atoms with Crippen molar-refractivity contribution in [3.05, 3.63) is 87.3 Å². The maximum Gasteiger partial charge on any atom is 0.208 e. The summed E-state index contributed by atoms with van der Waals surface area (Å²) in [6.45, 7) is 1.27. The molecule has 0 spiro atoms. The minimum absolute atomic E-state index is 0.633. The highest BCUT2D eigenvalue weighted by Crippen LogP contribution is 2.64. The summed E-state index contributed by atoms with van der Waals surface area (Å²) >= 11 is 10.9. The van der Waals surface area contributed by atoms with Crippen LogP contribution in [0.1, 0.15) is 11.1 Å². The first kappa shape index (κ1) is 21.1. The van der Waals surface area contributed by atoms with Gasteiger partial charge in [-0.05, 0) is 58.9 Å². The first-order valence-electron chi connectivity index (χ1n) is 9.08. The lowest BCUT2D eigenvalue weighted by Gasteiger charge is -2.13. The Morgan fingerprint density at radius 3 is 1.57 bits per heavy atom. The summed E-state index contributed by atoms with van der Waals surface area (Å²) in [6, 6.07) is 8.33. The van der Waals surface area contributed by atoms with Crippen LogP contribution in [0.2, 0.25) is 0 Å².